The Morgan fingerprint density at radius 1 is 1.17 bits per heavy atom. The molecule has 3 fully saturated rings. The minimum atomic E-state index is -0.557. The summed E-state index contributed by atoms with van der Waals surface area (Å²) in [5.74, 6) is 2.07. The minimum absolute atomic E-state index is 0.101. The maximum Gasteiger partial charge on any atom is 0.306 e. The summed E-state index contributed by atoms with van der Waals surface area (Å²) in [5.41, 5.74) is 4.58. The van der Waals surface area contributed by atoms with Gasteiger partial charge in [-0.15, -0.1) is 0 Å². The van der Waals surface area contributed by atoms with Gasteiger partial charge in [-0.2, -0.15) is 0 Å². The monoisotopic (exact) mass is 308 g/mol. The van der Waals surface area contributed by atoms with E-state index in [1.54, 1.807) is 0 Å². The number of allylic oxidation sites excluding steroid dienone is 2. The normalized spacial score (nSPS) is 45.7. The van der Waals surface area contributed by atoms with Crippen LogP contribution in [0.4, 0.5) is 0 Å². The fourth-order valence-electron chi connectivity index (χ4n) is 7.16. The van der Waals surface area contributed by atoms with E-state index in [2.05, 4.69) is 44.2 Å². The molecular weight excluding hydrogens is 284 g/mol. The molecule has 4 aliphatic carbocycles. The van der Waals surface area contributed by atoms with Crippen LogP contribution in [0.2, 0.25) is 0 Å². The fourth-order valence-corrected chi connectivity index (χ4v) is 7.16. The zero-order valence-electron chi connectivity index (χ0n) is 13.8. The molecule has 0 amide bonds. The van der Waals surface area contributed by atoms with Crippen LogP contribution in [0.15, 0.2) is 30.4 Å². The van der Waals surface area contributed by atoms with E-state index in [0.29, 0.717) is 29.6 Å². The molecule has 4 bridgehead atoms. The number of aliphatic carboxylic acids is 1. The van der Waals surface area contributed by atoms with Crippen molar-refractivity contribution >= 4 is 5.97 Å². The largest absolute Gasteiger partial charge is 0.481 e. The first-order valence-electron chi connectivity index (χ1n) is 9.03. The standard InChI is InChI=1S/C21H24O2/c1-11-4-3-5-18(12(11)2)21-14-7-6-13(8-14)19(21)16-9-15(21)10-17(16)20(22)23/h3-7,13-17,19H,8-10H2,1-2H3,(H,22,23). The van der Waals surface area contributed by atoms with Crippen molar-refractivity contribution in [3.63, 3.8) is 0 Å². The number of fused-ring (bicyclic) bond motifs is 9. The SMILES string of the molecule is Cc1cccc(C23C4C=CC(C4)C2C2CC3CC2C(=O)O)c1C. The molecule has 7 unspecified atom stereocenters. The van der Waals surface area contributed by atoms with Gasteiger partial charge in [0.2, 0.25) is 0 Å². The van der Waals surface area contributed by atoms with Crippen molar-refractivity contribution in [2.24, 2.45) is 35.5 Å². The number of carboxylic acid groups (broad SMARTS) is 1. The molecule has 0 heterocycles. The third-order valence-corrected chi connectivity index (χ3v) is 7.88. The van der Waals surface area contributed by atoms with Crippen molar-refractivity contribution in [3.05, 3.63) is 47.0 Å². The molecule has 1 aromatic carbocycles. The first kappa shape index (κ1) is 13.8. The highest BCUT2D eigenvalue weighted by molar-refractivity contribution is 5.72. The second-order valence-electron chi connectivity index (χ2n) is 8.37. The molecule has 4 aliphatic rings. The lowest BCUT2D eigenvalue weighted by Gasteiger charge is -2.48. The predicted octanol–water partition coefficient (Wildman–Crippen LogP) is 4.10. The molecule has 1 N–H and O–H groups in total. The van der Waals surface area contributed by atoms with Crippen molar-refractivity contribution in [2.45, 2.75) is 38.5 Å². The van der Waals surface area contributed by atoms with Gasteiger partial charge in [-0.05, 0) is 79.4 Å². The zero-order valence-corrected chi connectivity index (χ0v) is 13.8. The molecule has 0 aliphatic heterocycles. The van der Waals surface area contributed by atoms with E-state index in [9.17, 15) is 9.90 Å². The molecule has 2 heteroatoms. The third kappa shape index (κ3) is 1.44. The van der Waals surface area contributed by atoms with Crippen molar-refractivity contribution in [2.75, 3.05) is 0 Å². The topological polar surface area (TPSA) is 37.3 Å². The van der Waals surface area contributed by atoms with Gasteiger partial charge in [-0.1, -0.05) is 30.4 Å². The van der Waals surface area contributed by atoms with Crippen LogP contribution in [-0.4, -0.2) is 11.1 Å². The van der Waals surface area contributed by atoms with Gasteiger partial charge in [0.05, 0.1) is 5.92 Å². The molecule has 0 radical (unpaired) electrons. The van der Waals surface area contributed by atoms with Gasteiger partial charge < -0.3 is 5.11 Å². The Kier molecular flexibility index (Phi) is 2.58. The van der Waals surface area contributed by atoms with E-state index in [1.165, 1.54) is 23.1 Å². The van der Waals surface area contributed by atoms with Crippen LogP contribution < -0.4 is 0 Å². The number of rotatable bonds is 2. The van der Waals surface area contributed by atoms with Crippen molar-refractivity contribution in [3.8, 4) is 0 Å². The lowest BCUT2D eigenvalue weighted by atomic mass is 9.55. The van der Waals surface area contributed by atoms with Crippen LogP contribution in [0, 0.1) is 49.4 Å². The first-order valence-corrected chi connectivity index (χ1v) is 9.03. The predicted molar refractivity (Wildman–Crippen MR) is 89.2 cm³/mol. The fraction of sp³-hybridized carbons (Fsp3) is 0.571. The lowest BCUT2D eigenvalue weighted by Crippen LogP contribution is -2.47. The Labute approximate surface area is 137 Å². The summed E-state index contributed by atoms with van der Waals surface area (Å²) in [6.45, 7) is 4.48. The van der Waals surface area contributed by atoms with E-state index in [4.69, 9.17) is 0 Å². The Morgan fingerprint density at radius 3 is 2.78 bits per heavy atom. The number of carboxylic acids is 1. The molecule has 120 valence electrons. The first-order chi connectivity index (χ1) is 11.0. The van der Waals surface area contributed by atoms with Crippen LogP contribution in [-0.2, 0) is 10.2 Å². The summed E-state index contributed by atoms with van der Waals surface area (Å²) in [7, 11) is 0. The maximum atomic E-state index is 11.7. The van der Waals surface area contributed by atoms with E-state index in [0.717, 1.165) is 12.8 Å². The van der Waals surface area contributed by atoms with Crippen LogP contribution >= 0.6 is 0 Å². The molecule has 23 heavy (non-hydrogen) atoms. The highest BCUT2D eigenvalue weighted by atomic mass is 16.4. The van der Waals surface area contributed by atoms with E-state index >= 15 is 0 Å². The van der Waals surface area contributed by atoms with E-state index < -0.39 is 5.97 Å². The van der Waals surface area contributed by atoms with Crippen LogP contribution in [0.1, 0.15) is 36.0 Å². The summed E-state index contributed by atoms with van der Waals surface area (Å²) in [5, 5.41) is 9.66. The second-order valence-corrected chi connectivity index (χ2v) is 8.37. The summed E-state index contributed by atoms with van der Waals surface area (Å²) in [6, 6.07) is 6.76. The van der Waals surface area contributed by atoms with Gasteiger partial charge in [0, 0.05) is 5.41 Å². The Balaban J connectivity index is 1.71. The lowest BCUT2D eigenvalue weighted by molar-refractivity contribution is -0.145. The van der Waals surface area contributed by atoms with Crippen LogP contribution in [0.5, 0.6) is 0 Å². The second kappa shape index (κ2) is 4.28. The average molecular weight is 308 g/mol. The summed E-state index contributed by atoms with van der Waals surface area (Å²) in [6.07, 6.45) is 8.12. The summed E-state index contributed by atoms with van der Waals surface area (Å²) < 4.78 is 0. The molecule has 7 atom stereocenters. The minimum Gasteiger partial charge on any atom is -0.481 e. The molecule has 5 rings (SSSR count). The zero-order chi connectivity index (χ0) is 15.9. The number of carbonyl (C=O) groups is 1. The average Bonchev–Trinajstić information content (AvgIpc) is 3.27. The smallest absolute Gasteiger partial charge is 0.306 e. The van der Waals surface area contributed by atoms with Crippen LogP contribution in [0.3, 0.4) is 0 Å². The quantitative estimate of drug-likeness (QED) is 0.659. The number of aryl methyl sites for hydroxylation is 1. The van der Waals surface area contributed by atoms with Crippen LogP contribution in [0.25, 0.3) is 0 Å². The van der Waals surface area contributed by atoms with Crippen molar-refractivity contribution < 1.29 is 9.90 Å². The van der Waals surface area contributed by atoms with Gasteiger partial charge in [0.25, 0.3) is 0 Å². The van der Waals surface area contributed by atoms with Gasteiger partial charge in [0.15, 0.2) is 0 Å². The maximum absolute atomic E-state index is 11.7. The highest BCUT2D eigenvalue weighted by Crippen LogP contribution is 2.74. The molecule has 0 aromatic heterocycles. The Bertz CT molecular complexity index is 733. The van der Waals surface area contributed by atoms with Gasteiger partial charge in [0.1, 0.15) is 0 Å². The van der Waals surface area contributed by atoms with E-state index in [-0.39, 0.29) is 11.3 Å². The number of hydrogen-bond donors (Lipinski definition) is 1. The number of benzene rings is 1. The molecule has 0 saturated heterocycles. The molecule has 0 spiro atoms. The summed E-state index contributed by atoms with van der Waals surface area (Å²) in [4.78, 5) is 11.7. The summed E-state index contributed by atoms with van der Waals surface area (Å²) >= 11 is 0. The van der Waals surface area contributed by atoms with Crippen molar-refractivity contribution in [1.82, 2.24) is 0 Å². The Hall–Kier alpha value is -1.57. The number of hydrogen-bond acceptors (Lipinski definition) is 1. The molecule has 2 nitrogen and oxygen atoms in total. The molecule has 3 saturated carbocycles. The third-order valence-electron chi connectivity index (χ3n) is 7.88. The Morgan fingerprint density at radius 2 is 2.00 bits per heavy atom. The van der Waals surface area contributed by atoms with Gasteiger partial charge in [-0.25, -0.2) is 0 Å². The molecular formula is C21H24O2. The van der Waals surface area contributed by atoms with Gasteiger partial charge >= 0.3 is 5.97 Å². The molecule has 1 aromatic rings. The van der Waals surface area contributed by atoms with Gasteiger partial charge in [-0.3, -0.25) is 4.79 Å². The van der Waals surface area contributed by atoms with E-state index in [1.807, 2.05) is 0 Å². The highest BCUT2D eigenvalue weighted by Gasteiger charge is 2.71. The van der Waals surface area contributed by atoms with Crippen molar-refractivity contribution in [1.29, 1.82) is 0 Å².